The first-order chi connectivity index (χ1) is 4.63. The molecule has 1 fully saturated rings. The van der Waals surface area contributed by atoms with E-state index in [2.05, 4.69) is 0 Å². The van der Waals surface area contributed by atoms with Gasteiger partial charge in [-0.15, -0.1) is 0 Å². The van der Waals surface area contributed by atoms with Gasteiger partial charge in [-0.1, -0.05) is 0 Å². The van der Waals surface area contributed by atoms with Crippen LogP contribution >= 0.6 is 0 Å². The molecule has 1 rings (SSSR count). The average Bonchev–Trinajstić information content (AvgIpc) is 1.93. The van der Waals surface area contributed by atoms with Crippen molar-refractivity contribution in [1.29, 1.82) is 0 Å². The number of hydrogen-bond acceptors (Lipinski definition) is 4. The molecular formula is C6H11FeO4-. The van der Waals surface area contributed by atoms with Gasteiger partial charge in [0.05, 0.1) is 6.10 Å². The first-order valence-corrected chi connectivity index (χ1v) is 3.16. The summed E-state index contributed by atoms with van der Waals surface area (Å²) in [7, 11) is 0. The summed E-state index contributed by atoms with van der Waals surface area (Å²) in [6, 6.07) is 0. The summed E-state index contributed by atoms with van der Waals surface area (Å²) >= 11 is 0. The first-order valence-electron chi connectivity index (χ1n) is 3.16. The van der Waals surface area contributed by atoms with Crippen LogP contribution in [0.1, 0.15) is 6.92 Å². The van der Waals surface area contributed by atoms with E-state index >= 15 is 0 Å². The zero-order valence-electron chi connectivity index (χ0n) is 5.99. The Kier molecular flexibility index (Phi) is 4.54. The van der Waals surface area contributed by atoms with Crippen LogP contribution in [0.25, 0.3) is 0 Å². The van der Waals surface area contributed by atoms with Crippen molar-refractivity contribution < 1.29 is 37.1 Å². The van der Waals surface area contributed by atoms with Gasteiger partial charge in [0.15, 0.2) is 0 Å². The molecule has 1 aliphatic heterocycles. The largest absolute Gasteiger partial charge is 0.545 e. The zero-order chi connectivity index (χ0) is 7.72. The normalized spacial score (nSPS) is 44.7. The molecule has 0 aliphatic carbocycles. The van der Waals surface area contributed by atoms with Gasteiger partial charge in [0.2, 0.25) is 0 Å². The quantitative estimate of drug-likeness (QED) is 0.336. The molecule has 4 nitrogen and oxygen atoms in total. The van der Waals surface area contributed by atoms with Gasteiger partial charge in [-0.25, -0.2) is 0 Å². The van der Waals surface area contributed by atoms with Gasteiger partial charge in [-0.3, -0.25) is 0 Å². The van der Waals surface area contributed by atoms with Crippen molar-refractivity contribution in [3.05, 3.63) is 6.61 Å². The number of aliphatic hydroxyl groups excluding tert-OH is 3. The number of aliphatic hydroxyl groups is 3. The van der Waals surface area contributed by atoms with Gasteiger partial charge < -0.3 is 20.1 Å². The van der Waals surface area contributed by atoms with Gasteiger partial charge >= 0.3 is 0 Å². The molecule has 5 heteroatoms. The third-order valence-electron chi connectivity index (χ3n) is 1.61. The molecule has 0 saturated carbocycles. The molecule has 0 amide bonds. The van der Waals surface area contributed by atoms with E-state index < -0.39 is 24.4 Å². The van der Waals surface area contributed by atoms with Crippen molar-refractivity contribution in [2.45, 2.75) is 31.3 Å². The summed E-state index contributed by atoms with van der Waals surface area (Å²) < 4.78 is 4.79. The van der Waals surface area contributed by atoms with Crippen LogP contribution in [0.2, 0.25) is 0 Å². The fourth-order valence-electron chi connectivity index (χ4n) is 0.845. The van der Waals surface area contributed by atoms with E-state index in [-0.39, 0.29) is 17.1 Å². The maximum Gasteiger partial charge on any atom is 0.103 e. The Morgan fingerprint density at radius 3 is 2.18 bits per heavy atom. The number of ether oxygens (including phenoxy) is 1. The monoisotopic (exact) mass is 203 g/mol. The summed E-state index contributed by atoms with van der Waals surface area (Å²) in [5.41, 5.74) is 0. The molecule has 0 radical (unpaired) electrons. The van der Waals surface area contributed by atoms with Crippen molar-refractivity contribution in [2.24, 2.45) is 0 Å². The molecule has 1 heterocycles. The third-order valence-corrected chi connectivity index (χ3v) is 1.61. The van der Waals surface area contributed by atoms with E-state index in [0.717, 1.165) is 6.61 Å². The molecule has 0 bridgehead atoms. The van der Waals surface area contributed by atoms with Gasteiger partial charge in [0.25, 0.3) is 0 Å². The van der Waals surface area contributed by atoms with Gasteiger partial charge in [-0.05, 0) is 13.0 Å². The zero-order valence-corrected chi connectivity index (χ0v) is 7.09. The van der Waals surface area contributed by atoms with Crippen molar-refractivity contribution in [1.82, 2.24) is 0 Å². The van der Waals surface area contributed by atoms with Crippen molar-refractivity contribution in [3.8, 4) is 0 Å². The average molecular weight is 203 g/mol. The Balaban J connectivity index is 0.000001000. The van der Waals surface area contributed by atoms with Gasteiger partial charge in [0.1, 0.15) is 6.10 Å². The Morgan fingerprint density at radius 2 is 1.73 bits per heavy atom. The molecule has 0 spiro atoms. The van der Waals surface area contributed by atoms with E-state index in [1.807, 2.05) is 0 Å². The van der Waals surface area contributed by atoms with Crippen LogP contribution < -0.4 is 0 Å². The summed E-state index contributed by atoms with van der Waals surface area (Å²) in [5, 5.41) is 26.9. The molecule has 0 aromatic carbocycles. The molecule has 3 N–H and O–H groups in total. The van der Waals surface area contributed by atoms with E-state index in [4.69, 9.17) is 20.1 Å². The van der Waals surface area contributed by atoms with Crippen molar-refractivity contribution in [3.63, 3.8) is 0 Å². The second-order valence-corrected chi connectivity index (χ2v) is 2.45. The smallest absolute Gasteiger partial charge is 0.103 e. The van der Waals surface area contributed by atoms with Crippen LogP contribution in [0.3, 0.4) is 0 Å². The molecule has 1 aliphatic rings. The van der Waals surface area contributed by atoms with Crippen LogP contribution in [0, 0.1) is 6.61 Å². The SMILES string of the molecule is C[C@@H]1O[CH-][C@@H](O)[C@H](O)[C@@H]1O.[Fe]. The Morgan fingerprint density at radius 1 is 1.18 bits per heavy atom. The van der Waals surface area contributed by atoms with Crippen LogP contribution in [0.15, 0.2) is 0 Å². The molecule has 0 unspecified atom stereocenters. The molecule has 0 aromatic heterocycles. The second kappa shape index (κ2) is 4.40. The molecular weight excluding hydrogens is 192 g/mol. The van der Waals surface area contributed by atoms with Crippen LogP contribution in [0.5, 0.6) is 0 Å². The summed E-state index contributed by atoms with van der Waals surface area (Å²) in [6.07, 6.45) is -3.65. The maximum atomic E-state index is 9.06. The molecule has 11 heavy (non-hydrogen) atoms. The Labute approximate surface area is 75.6 Å². The minimum Gasteiger partial charge on any atom is -0.545 e. The fourth-order valence-corrected chi connectivity index (χ4v) is 0.845. The van der Waals surface area contributed by atoms with E-state index in [0.29, 0.717) is 0 Å². The minimum absolute atomic E-state index is 0. The van der Waals surface area contributed by atoms with Gasteiger partial charge in [0, 0.05) is 23.2 Å². The number of rotatable bonds is 0. The third kappa shape index (κ3) is 2.40. The molecule has 0 aromatic rings. The Hall–Kier alpha value is 0.359. The molecule has 68 valence electrons. The predicted molar refractivity (Wildman–Crippen MR) is 32.9 cm³/mol. The van der Waals surface area contributed by atoms with Crippen molar-refractivity contribution >= 4 is 0 Å². The Bertz CT molecular complexity index is 107. The molecule has 4 atom stereocenters. The summed E-state index contributed by atoms with van der Waals surface area (Å²) in [5.74, 6) is 0. The van der Waals surface area contributed by atoms with Crippen LogP contribution in [0.4, 0.5) is 0 Å². The number of hydrogen-bond donors (Lipinski definition) is 3. The summed E-state index contributed by atoms with van der Waals surface area (Å²) in [4.78, 5) is 0. The van der Waals surface area contributed by atoms with E-state index in [1.54, 1.807) is 6.92 Å². The maximum absolute atomic E-state index is 9.06. The van der Waals surface area contributed by atoms with E-state index in [1.165, 1.54) is 0 Å². The minimum atomic E-state index is -1.12. The topological polar surface area (TPSA) is 69.9 Å². The standard InChI is InChI=1S/C6H11O4.Fe/c1-3-5(8)6(9)4(7)2-10-3;/h2-9H,1H3;/q-1;/t3-,4+,5+,6-;/m0./s1. The summed E-state index contributed by atoms with van der Waals surface area (Å²) in [6.45, 7) is 2.75. The van der Waals surface area contributed by atoms with Crippen LogP contribution in [-0.4, -0.2) is 39.7 Å². The fraction of sp³-hybridized carbons (Fsp3) is 0.833. The first kappa shape index (κ1) is 11.4. The van der Waals surface area contributed by atoms with Crippen molar-refractivity contribution in [2.75, 3.05) is 0 Å². The molecule has 1 saturated heterocycles. The van der Waals surface area contributed by atoms with Crippen LogP contribution in [-0.2, 0) is 21.8 Å². The van der Waals surface area contributed by atoms with Gasteiger partial charge in [-0.2, -0.15) is 6.61 Å². The predicted octanol–water partition coefficient (Wildman–Crippen LogP) is -1.35. The second-order valence-electron chi connectivity index (χ2n) is 2.45. The van der Waals surface area contributed by atoms with E-state index in [9.17, 15) is 0 Å².